The Bertz CT molecular complexity index is 323. The lowest BCUT2D eigenvalue weighted by molar-refractivity contribution is 0.104. The van der Waals surface area contributed by atoms with E-state index in [0.717, 1.165) is 18.6 Å². The summed E-state index contributed by atoms with van der Waals surface area (Å²) in [7, 11) is 0. The summed E-state index contributed by atoms with van der Waals surface area (Å²) >= 11 is 0. The predicted molar refractivity (Wildman–Crippen MR) is 54.2 cm³/mol. The van der Waals surface area contributed by atoms with Crippen molar-refractivity contribution in [2.75, 3.05) is 6.61 Å². The third kappa shape index (κ3) is 1.74. The van der Waals surface area contributed by atoms with E-state index in [0.29, 0.717) is 6.61 Å². The first kappa shape index (κ1) is 9.49. The lowest BCUT2D eigenvalue weighted by atomic mass is 9.97. The summed E-state index contributed by atoms with van der Waals surface area (Å²) in [5.41, 5.74) is 1.47. The summed E-state index contributed by atoms with van der Waals surface area (Å²) in [6.07, 6.45) is 6.06. The molecule has 3 nitrogen and oxygen atoms in total. The maximum atomic E-state index is 5.26. The van der Waals surface area contributed by atoms with E-state index >= 15 is 0 Å². The van der Waals surface area contributed by atoms with Gasteiger partial charge in [-0.25, -0.2) is 5.90 Å². The molecule has 2 N–H and O–H groups in total. The molecular formula is C11H15NO2. The van der Waals surface area contributed by atoms with Crippen LogP contribution in [0.1, 0.15) is 25.5 Å². The maximum absolute atomic E-state index is 5.26. The molecule has 0 saturated heterocycles. The molecule has 0 bridgehead atoms. The second-order valence-corrected chi connectivity index (χ2v) is 3.93. The summed E-state index contributed by atoms with van der Waals surface area (Å²) in [5, 5.41) is 0. The van der Waals surface area contributed by atoms with Gasteiger partial charge in [-0.05, 0) is 38.0 Å². The molecule has 0 radical (unpaired) electrons. The molecule has 0 aliphatic heterocycles. The SMILES string of the molecule is C/C(=C/c1ccco1)C1(CON)CC1. The molecule has 0 aromatic carbocycles. The summed E-state index contributed by atoms with van der Waals surface area (Å²) in [6, 6.07) is 3.83. The molecule has 0 atom stereocenters. The molecule has 3 heteroatoms. The van der Waals surface area contributed by atoms with Crippen molar-refractivity contribution < 1.29 is 9.25 Å². The molecule has 1 heterocycles. The monoisotopic (exact) mass is 193 g/mol. The summed E-state index contributed by atoms with van der Waals surface area (Å²) < 4.78 is 5.26. The highest BCUT2D eigenvalue weighted by Gasteiger charge is 2.44. The second-order valence-electron chi connectivity index (χ2n) is 3.93. The Kier molecular flexibility index (Phi) is 2.44. The molecule has 1 aliphatic carbocycles. The number of furan rings is 1. The first-order valence-electron chi connectivity index (χ1n) is 4.81. The molecule has 0 unspecified atom stereocenters. The molecular weight excluding hydrogens is 178 g/mol. The summed E-state index contributed by atoms with van der Waals surface area (Å²) in [6.45, 7) is 2.71. The van der Waals surface area contributed by atoms with Crippen LogP contribution < -0.4 is 5.90 Å². The second kappa shape index (κ2) is 3.59. The Morgan fingerprint density at radius 3 is 3.00 bits per heavy atom. The third-order valence-corrected chi connectivity index (χ3v) is 2.95. The van der Waals surface area contributed by atoms with E-state index in [1.165, 1.54) is 5.57 Å². The topological polar surface area (TPSA) is 48.4 Å². The van der Waals surface area contributed by atoms with Crippen molar-refractivity contribution in [3.63, 3.8) is 0 Å². The molecule has 1 aromatic heterocycles. The zero-order valence-corrected chi connectivity index (χ0v) is 8.32. The fourth-order valence-corrected chi connectivity index (χ4v) is 1.70. The molecule has 0 spiro atoms. The van der Waals surface area contributed by atoms with Gasteiger partial charge in [-0.3, -0.25) is 0 Å². The van der Waals surface area contributed by atoms with Gasteiger partial charge in [-0.15, -0.1) is 0 Å². The smallest absolute Gasteiger partial charge is 0.126 e. The van der Waals surface area contributed by atoms with E-state index in [1.807, 2.05) is 12.1 Å². The lowest BCUT2D eigenvalue weighted by Crippen LogP contribution is -2.14. The zero-order valence-electron chi connectivity index (χ0n) is 8.32. The van der Waals surface area contributed by atoms with Crippen LogP contribution >= 0.6 is 0 Å². The van der Waals surface area contributed by atoms with E-state index in [9.17, 15) is 0 Å². The van der Waals surface area contributed by atoms with Crippen LogP contribution in [0.4, 0.5) is 0 Å². The van der Waals surface area contributed by atoms with Crippen molar-refractivity contribution in [3.8, 4) is 0 Å². The van der Waals surface area contributed by atoms with E-state index in [-0.39, 0.29) is 5.41 Å². The van der Waals surface area contributed by atoms with Crippen LogP contribution in [0.15, 0.2) is 28.4 Å². The Hall–Kier alpha value is -1.06. The first-order valence-corrected chi connectivity index (χ1v) is 4.81. The van der Waals surface area contributed by atoms with Gasteiger partial charge in [0.05, 0.1) is 12.9 Å². The standard InChI is InChI=1S/C11H15NO2/c1-9(7-10-3-2-6-13-10)11(4-5-11)8-14-12/h2-3,6-7H,4-5,8,12H2,1H3/b9-7-. The van der Waals surface area contributed by atoms with E-state index in [4.69, 9.17) is 15.2 Å². The van der Waals surface area contributed by atoms with Crippen LogP contribution in [-0.4, -0.2) is 6.61 Å². The van der Waals surface area contributed by atoms with Crippen molar-refractivity contribution >= 4 is 6.08 Å². The van der Waals surface area contributed by atoms with Gasteiger partial charge in [-0.1, -0.05) is 5.57 Å². The molecule has 1 aromatic rings. The van der Waals surface area contributed by atoms with Crippen molar-refractivity contribution in [1.29, 1.82) is 0 Å². The van der Waals surface area contributed by atoms with Gasteiger partial charge >= 0.3 is 0 Å². The minimum atomic E-state index is 0.182. The van der Waals surface area contributed by atoms with E-state index < -0.39 is 0 Å². The molecule has 76 valence electrons. The van der Waals surface area contributed by atoms with E-state index in [1.54, 1.807) is 6.26 Å². The Morgan fingerprint density at radius 1 is 1.71 bits per heavy atom. The van der Waals surface area contributed by atoms with Crippen molar-refractivity contribution in [3.05, 3.63) is 29.7 Å². The van der Waals surface area contributed by atoms with Gasteiger partial charge in [0.25, 0.3) is 0 Å². The van der Waals surface area contributed by atoms with Gasteiger partial charge in [0.2, 0.25) is 0 Å². The van der Waals surface area contributed by atoms with Crippen LogP contribution in [0.25, 0.3) is 6.08 Å². The fraction of sp³-hybridized carbons (Fsp3) is 0.455. The van der Waals surface area contributed by atoms with Gasteiger partial charge in [0.15, 0.2) is 0 Å². The molecule has 1 aliphatic rings. The molecule has 14 heavy (non-hydrogen) atoms. The summed E-state index contributed by atoms with van der Waals surface area (Å²) in [4.78, 5) is 4.74. The highest BCUT2D eigenvalue weighted by atomic mass is 16.6. The minimum absolute atomic E-state index is 0.182. The minimum Gasteiger partial charge on any atom is -0.465 e. The van der Waals surface area contributed by atoms with Gasteiger partial charge < -0.3 is 9.25 Å². The quantitative estimate of drug-likeness (QED) is 0.747. The number of nitrogens with two attached hydrogens (primary N) is 1. The van der Waals surface area contributed by atoms with Crippen LogP contribution in [0.2, 0.25) is 0 Å². The van der Waals surface area contributed by atoms with Crippen molar-refractivity contribution in [2.45, 2.75) is 19.8 Å². The highest BCUT2D eigenvalue weighted by molar-refractivity contribution is 5.50. The molecule has 1 fully saturated rings. The van der Waals surface area contributed by atoms with Gasteiger partial charge in [0.1, 0.15) is 5.76 Å². The van der Waals surface area contributed by atoms with Crippen molar-refractivity contribution in [1.82, 2.24) is 0 Å². The maximum Gasteiger partial charge on any atom is 0.126 e. The average Bonchev–Trinajstić information content (AvgIpc) is 2.77. The first-order chi connectivity index (χ1) is 6.77. The third-order valence-electron chi connectivity index (χ3n) is 2.95. The molecule has 0 amide bonds. The van der Waals surface area contributed by atoms with Crippen molar-refractivity contribution in [2.24, 2.45) is 11.3 Å². The highest BCUT2D eigenvalue weighted by Crippen LogP contribution is 2.52. The lowest BCUT2D eigenvalue weighted by Gasteiger charge is -2.13. The molecule has 1 saturated carbocycles. The van der Waals surface area contributed by atoms with Crippen LogP contribution in [-0.2, 0) is 4.84 Å². The molecule has 2 rings (SSSR count). The Balaban J connectivity index is 2.11. The average molecular weight is 193 g/mol. The van der Waals surface area contributed by atoms with Crippen LogP contribution in [0, 0.1) is 5.41 Å². The number of hydrogen-bond acceptors (Lipinski definition) is 3. The normalized spacial score (nSPS) is 19.7. The Labute approximate surface area is 83.5 Å². The predicted octanol–water partition coefficient (Wildman–Crippen LogP) is 2.35. The number of hydrogen-bond donors (Lipinski definition) is 1. The van der Waals surface area contributed by atoms with E-state index in [2.05, 4.69) is 13.0 Å². The largest absolute Gasteiger partial charge is 0.465 e. The van der Waals surface area contributed by atoms with Gasteiger partial charge in [0, 0.05) is 5.41 Å². The van der Waals surface area contributed by atoms with Crippen LogP contribution in [0.3, 0.4) is 0 Å². The fourth-order valence-electron chi connectivity index (χ4n) is 1.70. The number of rotatable bonds is 4. The summed E-state index contributed by atoms with van der Waals surface area (Å²) in [5.74, 6) is 6.01. The van der Waals surface area contributed by atoms with Gasteiger partial charge in [-0.2, -0.15) is 0 Å². The zero-order chi connectivity index (χ0) is 10.0. The Morgan fingerprint density at radius 2 is 2.50 bits per heavy atom. The van der Waals surface area contributed by atoms with Crippen LogP contribution in [0.5, 0.6) is 0 Å².